The zero-order chi connectivity index (χ0) is 18.0. The molecule has 132 valence electrons. The highest BCUT2D eigenvalue weighted by molar-refractivity contribution is 7.09. The van der Waals surface area contributed by atoms with Gasteiger partial charge in [0, 0.05) is 24.0 Å². The van der Waals surface area contributed by atoms with E-state index in [4.69, 9.17) is 0 Å². The lowest BCUT2D eigenvalue weighted by atomic mass is 9.91. The van der Waals surface area contributed by atoms with Gasteiger partial charge in [-0.15, -0.1) is 11.3 Å². The van der Waals surface area contributed by atoms with Crippen LogP contribution in [0.4, 0.5) is 10.5 Å². The van der Waals surface area contributed by atoms with Crippen molar-refractivity contribution >= 4 is 29.0 Å². The van der Waals surface area contributed by atoms with E-state index in [2.05, 4.69) is 10.3 Å². The third-order valence-electron chi connectivity index (χ3n) is 4.36. The van der Waals surface area contributed by atoms with Crippen LogP contribution in [0.15, 0.2) is 29.6 Å². The maximum Gasteiger partial charge on any atom is 0.321 e. The first-order valence-electron chi connectivity index (χ1n) is 8.24. The van der Waals surface area contributed by atoms with E-state index in [9.17, 15) is 14.7 Å². The van der Waals surface area contributed by atoms with E-state index in [-0.39, 0.29) is 18.5 Å². The van der Waals surface area contributed by atoms with E-state index in [1.807, 2.05) is 43.5 Å². The van der Waals surface area contributed by atoms with Crippen molar-refractivity contribution in [1.29, 1.82) is 0 Å². The van der Waals surface area contributed by atoms with Crippen LogP contribution in [-0.4, -0.2) is 40.1 Å². The largest absolute Gasteiger partial charge is 0.481 e. The minimum atomic E-state index is -0.845. The fourth-order valence-corrected chi connectivity index (χ4v) is 3.81. The second-order valence-electron chi connectivity index (χ2n) is 6.51. The Morgan fingerprint density at radius 3 is 2.76 bits per heavy atom. The summed E-state index contributed by atoms with van der Waals surface area (Å²) < 4.78 is 0. The Balaban J connectivity index is 1.78. The van der Waals surface area contributed by atoms with E-state index < -0.39 is 11.9 Å². The Hall–Kier alpha value is -2.41. The van der Waals surface area contributed by atoms with Crippen LogP contribution >= 0.6 is 11.3 Å². The molecule has 0 saturated carbocycles. The van der Waals surface area contributed by atoms with Gasteiger partial charge in [-0.05, 0) is 25.3 Å². The summed E-state index contributed by atoms with van der Waals surface area (Å²) in [5.41, 5.74) is 2.37. The second-order valence-corrected chi connectivity index (χ2v) is 7.57. The summed E-state index contributed by atoms with van der Waals surface area (Å²) in [6.45, 7) is 4.72. The number of rotatable bonds is 3. The SMILES string of the molecule is Cc1nc(-c2ccccc2NC(=O)N2CC(C)CC(C(=O)O)C2)cs1. The van der Waals surface area contributed by atoms with Gasteiger partial charge >= 0.3 is 12.0 Å². The molecular formula is C18H21N3O3S. The van der Waals surface area contributed by atoms with Gasteiger partial charge in [0.2, 0.25) is 0 Å². The zero-order valence-electron chi connectivity index (χ0n) is 14.2. The minimum Gasteiger partial charge on any atom is -0.481 e. The summed E-state index contributed by atoms with van der Waals surface area (Å²) in [5.74, 6) is -1.19. The average molecular weight is 359 g/mol. The molecule has 2 amide bonds. The van der Waals surface area contributed by atoms with Crippen molar-refractivity contribution in [3.63, 3.8) is 0 Å². The number of aryl methyl sites for hydroxylation is 1. The summed E-state index contributed by atoms with van der Waals surface area (Å²) in [6.07, 6.45) is 0.605. The van der Waals surface area contributed by atoms with Crippen LogP contribution in [-0.2, 0) is 4.79 Å². The number of nitrogens with one attached hydrogen (secondary N) is 1. The number of carbonyl (C=O) groups excluding carboxylic acids is 1. The Bertz CT molecular complexity index is 789. The van der Waals surface area contributed by atoms with Crippen molar-refractivity contribution in [1.82, 2.24) is 9.88 Å². The highest BCUT2D eigenvalue weighted by atomic mass is 32.1. The van der Waals surface area contributed by atoms with E-state index in [1.165, 1.54) is 0 Å². The normalized spacial score (nSPS) is 20.3. The number of piperidine rings is 1. The molecule has 0 aliphatic carbocycles. The van der Waals surface area contributed by atoms with Gasteiger partial charge in [-0.1, -0.05) is 25.1 Å². The smallest absolute Gasteiger partial charge is 0.321 e. The molecule has 0 bridgehead atoms. The molecule has 1 aromatic heterocycles. The van der Waals surface area contributed by atoms with E-state index in [1.54, 1.807) is 16.2 Å². The van der Waals surface area contributed by atoms with E-state index in [0.29, 0.717) is 18.7 Å². The van der Waals surface area contributed by atoms with E-state index >= 15 is 0 Å². The molecular weight excluding hydrogens is 338 g/mol. The van der Waals surface area contributed by atoms with Gasteiger partial charge in [-0.2, -0.15) is 0 Å². The molecule has 7 heteroatoms. The standard InChI is InChI=1S/C18H21N3O3S/c1-11-7-13(17(22)23)9-21(8-11)18(24)20-15-6-4-3-5-14(15)16-10-25-12(2)19-16/h3-6,10-11,13H,7-9H2,1-2H3,(H,20,24)(H,22,23). The molecule has 1 aliphatic heterocycles. The second kappa shape index (κ2) is 7.23. The number of carboxylic acid groups (broad SMARTS) is 1. The first kappa shape index (κ1) is 17.4. The van der Waals surface area contributed by atoms with Crippen LogP contribution in [0.1, 0.15) is 18.4 Å². The van der Waals surface area contributed by atoms with Crippen molar-refractivity contribution in [2.24, 2.45) is 11.8 Å². The summed E-state index contributed by atoms with van der Waals surface area (Å²) in [4.78, 5) is 30.1. The monoisotopic (exact) mass is 359 g/mol. The lowest BCUT2D eigenvalue weighted by molar-refractivity contribution is -0.143. The number of likely N-dealkylation sites (tertiary alicyclic amines) is 1. The van der Waals surface area contributed by atoms with Crippen LogP contribution in [0.2, 0.25) is 0 Å². The molecule has 3 rings (SSSR count). The van der Waals surface area contributed by atoms with Crippen molar-refractivity contribution < 1.29 is 14.7 Å². The van der Waals surface area contributed by atoms with Gasteiger partial charge in [0.05, 0.1) is 22.3 Å². The highest BCUT2D eigenvalue weighted by Gasteiger charge is 2.32. The number of carbonyl (C=O) groups is 2. The summed E-state index contributed by atoms with van der Waals surface area (Å²) in [5, 5.41) is 15.1. The number of aliphatic carboxylic acids is 1. The van der Waals surface area contributed by atoms with Crippen LogP contribution in [0.5, 0.6) is 0 Å². The van der Waals surface area contributed by atoms with Gasteiger partial charge in [0.1, 0.15) is 0 Å². The molecule has 2 atom stereocenters. The van der Waals surface area contributed by atoms with Crippen LogP contribution in [0.25, 0.3) is 11.3 Å². The fraction of sp³-hybridized carbons (Fsp3) is 0.389. The van der Waals surface area contributed by atoms with Gasteiger partial charge in [0.15, 0.2) is 0 Å². The van der Waals surface area contributed by atoms with Gasteiger partial charge < -0.3 is 15.3 Å². The number of carboxylic acids is 1. The molecule has 2 N–H and O–H groups in total. The maximum absolute atomic E-state index is 12.7. The quantitative estimate of drug-likeness (QED) is 0.875. The third-order valence-corrected chi connectivity index (χ3v) is 5.13. The number of anilines is 1. The maximum atomic E-state index is 12.7. The van der Waals surface area contributed by atoms with Crippen molar-refractivity contribution in [2.45, 2.75) is 20.3 Å². The van der Waals surface area contributed by atoms with Crippen LogP contribution < -0.4 is 5.32 Å². The summed E-state index contributed by atoms with van der Waals surface area (Å²) >= 11 is 1.56. The third kappa shape index (κ3) is 3.99. The molecule has 2 aromatic rings. The number of nitrogens with zero attached hydrogens (tertiary/aromatic N) is 2. The first-order chi connectivity index (χ1) is 11.9. The first-order valence-corrected chi connectivity index (χ1v) is 9.12. The molecule has 2 heterocycles. The minimum absolute atomic E-state index is 0.164. The number of amides is 2. The summed E-state index contributed by atoms with van der Waals surface area (Å²) in [7, 11) is 0. The molecule has 2 unspecified atom stereocenters. The lowest BCUT2D eigenvalue weighted by Crippen LogP contribution is -2.47. The van der Waals surface area contributed by atoms with E-state index in [0.717, 1.165) is 16.3 Å². The predicted molar refractivity (Wildman–Crippen MR) is 97.8 cm³/mol. The van der Waals surface area contributed by atoms with Crippen molar-refractivity contribution in [2.75, 3.05) is 18.4 Å². The molecule has 0 spiro atoms. The zero-order valence-corrected chi connectivity index (χ0v) is 15.0. The number of urea groups is 1. The molecule has 1 aromatic carbocycles. The predicted octanol–water partition coefficient (Wildman–Crippen LogP) is 3.69. The number of aromatic nitrogens is 1. The fourth-order valence-electron chi connectivity index (χ4n) is 3.19. The van der Waals surface area contributed by atoms with Crippen molar-refractivity contribution in [3.05, 3.63) is 34.7 Å². The topological polar surface area (TPSA) is 82.5 Å². The number of hydrogen-bond donors (Lipinski definition) is 2. The van der Waals surface area contributed by atoms with Crippen LogP contribution in [0.3, 0.4) is 0 Å². The molecule has 1 fully saturated rings. The molecule has 6 nitrogen and oxygen atoms in total. The Labute approximate surface area is 150 Å². The lowest BCUT2D eigenvalue weighted by Gasteiger charge is -2.34. The molecule has 1 aliphatic rings. The Morgan fingerprint density at radius 1 is 1.32 bits per heavy atom. The number of thiazole rings is 1. The van der Waals surface area contributed by atoms with Gasteiger partial charge in [-0.25, -0.2) is 9.78 Å². The van der Waals surface area contributed by atoms with Gasteiger partial charge in [-0.3, -0.25) is 4.79 Å². The number of hydrogen-bond acceptors (Lipinski definition) is 4. The Morgan fingerprint density at radius 2 is 2.08 bits per heavy atom. The summed E-state index contributed by atoms with van der Waals surface area (Å²) in [6, 6.07) is 7.25. The Kier molecular flexibility index (Phi) is 5.03. The number of benzene rings is 1. The molecule has 1 saturated heterocycles. The number of para-hydroxylation sites is 1. The van der Waals surface area contributed by atoms with Gasteiger partial charge in [0.25, 0.3) is 0 Å². The molecule has 25 heavy (non-hydrogen) atoms. The highest BCUT2D eigenvalue weighted by Crippen LogP contribution is 2.29. The molecule has 0 radical (unpaired) electrons. The average Bonchev–Trinajstić information content (AvgIpc) is 3.01. The van der Waals surface area contributed by atoms with Crippen molar-refractivity contribution in [3.8, 4) is 11.3 Å². The van der Waals surface area contributed by atoms with Crippen LogP contribution in [0, 0.1) is 18.8 Å².